The molecule has 1 unspecified atom stereocenters. The molecular weight excluding hydrogens is 392 g/mol. The number of aliphatic hydroxyl groups excluding tert-OH is 1. The summed E-state index contributed by atoms with van der Waals surface area (Å²) in [6, 6.07) is 1.66. The van der Waals surface area contributed by atoms with E-state index in [-0.39, 0.29) is 0 Å². The van der Waals surface area contributed by atoms with E-state index in [0.29, 0.717) is 24.1 Å². The lowest BCUT2D eigenvalue weighted by atomic mass is 10.3. The molecule has 3 heterocycles. The molecule has 0 aliphatic heterocycles. The average molecular weight is 403 g/mol. The van der Waals surface area contributed by atoms with E-state index in [1.54, 1.807) is 24.7 Å². The molecular formula is C11H11IN5O2P. The number of carbonyl (C=O) groups excluding carboxylic acids is 1. The number of aldehydes is 1. The molecule has 104 valence electrons. The number of aliphatic hydroxyl groups is 1. The lowest BCUT2D eigenvalue weighted by molar-refractivity contribution is 0.111. The van der Waals surface area contributed by atoms with Crippen molar-refractivity contribution in [3.8, 4) is 11.3 Å². The molecule has 7 nitrogen and oxygen atoms in total. The average Bonchev–Trinajstić information content (AvgIpc) is 3.14. The second-order valence-corrected chi connectivity index (χ2v) is 5.62. The quantitative estimate of drug-likeness (QED) is 0.410. The summed E-state index contributed by atoms with van der Waals surface area (Å²) in [6.45, 7) is 0. The Morgan fingerprint density at radius 2 is 2.20 bits per heavy atom. The maximum atomic E-state index is 10.7. The summed E-state index contributed by atoms with van der Waals surface area (Å²) < 4.78 is 3.70. The predicted octanol–water partition coefficient (Wildman–Crippen LogP) is 1.81. The highest BCUT2D eigenvalue weighted by atomic mass is 127. The van der Waals surface area contributed by atoms with Gasteiger partial charge in [-0.2, -0.15) is 5.10 Å². The van der Waals surface area contributed by atoms with Gasteiger partial charge >= 0.3 is 0 Å². The van der Waals surface area contributed by atoms with Gasteiger partial charge in [0, 0.05) is 25.1 Å². The number of hydrogen-bond acceptors (Lipinski definition) is 5. The number of carbonyl (C=O) groups is 1. The zero-order valence-electron chi connectivity index (χ0n) is 10.4. The molecule has 0 radical (unpaired) electrons. The largest absolute Gasteiger partial charge is 0.400 e. The van der Waals surface area contributed by atoms with Gasteiger partial charge in [-0.25, -0.2) is 14.4 Å². The molecule has 0 bridgehead atoms. The highest BCUT2D eigenvalue weighted by Crippen LogP contribution is 2.26. The molecule has 20 heavy (non-hydrogen) atoms. The van der Waals surface area contributed by atoms with Crippen molar-refractivity contribution in [1.29, 1.82) is 0 Å². The molecule has 3 aromatic heterocycles. The highest BCUT2D eigenvalue weighted by molar-refractivity contribution is 14.2. The fourth-order valence-corrected chi connectivity index (χ4v) is 2.75. The Kier molecular flexibility index (Phi) is 5.16. The molecule has 3 aromatic rings. The number of imidazole rings is 1. The molecule has 0 saturated carbocycles. The Morgan fingerprint density at radius 3 is 2.85 bits per heavy atom. The number of fused-ring (bicyclic) bond motifs is 1. The third-order valence-electron chi connectivity index (χ3n) is 2.49. The van der Waals surface area contributed by atoms with Crippen LogP contribution in [0.5, 0.6) is 0 Å². The number of rotatable bonds is 3. The van der Waals surface area contributed by atoms with E-state index in [1.165, 1.54) is 0 Å². The predicted molar refractivity (Wildman–Crippen MR) is 85.5 cm³/mol. The number of halogens is 1. The van der Waals surface area contributed by atoms with Crippen LogP contribution in [-0.4, -0.2) is 42.4 Å². The van der Waals surface area contributed by atoms with Gasteiger partial charge in [-0.3, -0.25) is 9.20 Å². The summed E-state index contributed by atoms with van der Waals surface area (Å²) >= 11 is 2.27. The van der Waals surface area contributed by atoms with E-state index < -0.39 is 0 Å². The van der Waals surface area contributed by atoms with Gasteiger partial charge in [0.2, 0.25) is 5.78 Å². The SMILES string of the molecule is CO.O=Cc1ccn2c(-c3cnn(PI)c3)cnc2n1. The zero-order chi connectivity index (χ0) is 14.5. The van der Waals surface area contributed by atoms with Crippen LogP contribution in [0, 0.1) is 0 Å². The van der Waals surface area contributed by atoms with Crippen LogP contribution in [-0.2, 0) is 0 Å². The normalized spacial score (nSPS) is 10.8. The molecule has 0 aliphatic rings. The smallest absolute Gasteiger partial charge is 0.234 e. The van der Waals surface area contributed by atoms with Crippen LogP contribution in [0.25, 0.3) is 17.0 Å². The summed E-state index contributed by atoms with van der Waals surface area (Å²) in [7, 11) is 1.00. The van der Waals surface area contributed by atoms with Gasteiger partial charge < -0.3 is 5.11 Å². The molecule has 0 saturated heterocycles. The summed E-state index contributed by atoms with van der Waals surface area (Å²) in [6.07, 6.45) is 8.55. The fourth-order valence-electron chi connectivity index (χ4n) is 1.66. The topological polar surface area (TPSA) is 85.3 Å². The van der Waals surface area contributed by atoms with Crippen molar-refractivity contribution in [2.24, 2.45) is 0 Å². The third kappa shape index (κ3) is 2.87. The van der Waals surface area contributed by atoms with E-state index >= 15 is 0 Å². The van der Waals surface area contributed by atoms with Crippen LogP contribution in [0.1, 0.15) is 10.5 Å². The molecule has 0 aromatic carbocycles. The third-order valence-corrected chi connectivity index (χ3v) is 4.39. The molecule has 9 heteroatoms. The Bertz CT molecular complexity index is 727. The van der Waals surface area contributed by atoms with Crippen molar-refractivity contribution in [3.05, 3.63) is 36.5 Å². The molecule has 0 spiro atoms. The van der Waals surface area contributed by atoms with E-state index in [1.807, 2.05) is 15.0 Å². The van der Waals surface area contributed by atoms with Crippen molar-refractivity contribution >= 4 is 40.5 Å². The number of nitrogens with zero attached hydrogens (tertiary/aromatic N) is 5. The van der Waals surface area contributed by atoms with E-state index in [2.05, 4.69) is 37.1 Å². The van der Waals surface area contributed by atoms with Gasteiger partial charge in [-0.1, -0.05) is 0 Å². The van der Waals surface area contributed by atoms with E-state index in [0.717, 1.165) is 18.4 Å². The van der Waals surface area contributed by atoms with Crippen LogP contribution in [0.15, 0.2) is 30.9 Å². The van der Waals surface area contributed by atoms with Crippen LogP contribution in [0.4, 0.5) is 0 Å². The molecule has 1 N–H and O–H groups in total. The van der Waals surface area contributed by atoms with Gasteiger partial charge in [0.15, 0.2) is 6.29 Å². The molecule has 0 fully saturated rings. The van der Waals surface area contributed by atoms with Crippen molar-refractivity contribution in [2.75, 3.05) is 7.11 Å². The molecule has 1 atom stereocenters. The van der Waals surface area contributed by atoms with E-state index in [4.69, 9.17) is 5.11 Å². The number of aromatic nitrogens is 5. The minimum absolute atomic E-state index is 0.379. The molecule has 0 aliphatic carbocycles. The second-order valence-electron chi connectivity index (χ2n) is 3.54. The van der Waals surface area contributed by atoms with E-state index in [9.17, 15) is 4.79 Å². The highest BCUT2D eigenvalue weighted by Gasteiger charge is 2.09. The summed E-state index contributed by atoms with van der Waals surface area (Å²) in [5.41, 5.74) is 2.27. The van der Waals surface area contributed by atoms with Crippen LogP contribution in [0.3, 0.4) is 0 Å². The van der Waals surface area contributed by atoms with Crippen LogP contribution < -0.4 is 0 Å². The summed E-state index contributed by atoms with van der Waals surface area (Å²) in [5.74, 6) is 0.513. The Balaban J connectivity index is 0.000000704. The summed E-state index contributed by atoms with van der Waals surface area (Å²) in [5, 5.41) is 11.2. The minimum Gasteiger partial charge on any atom is -0.400 e. The maximum Gasteiger partial charge on any atom is 0.234 e. The van der Waals surface area contributed by atoms with Crippen molar-refractivity contribution in [2.45, 2.75) is 0 Å². The van der Waals surface area contributed by atoms with Crippen molar-refractivity contribution in [1.82, 2.24) is 23.9 Å². The Labute approximate surface area is 129 Å². The van der Waals surface area contributed by atoms with Crippen LogP contribution in [0.2, 0.25) is 0 Å². The lowest BCUT2D eigenvalue weighted by Crippen LogP contribution is -1.94. The van der Waals surface area contributed by atoms with Gasteiger partial charge in [-0.05, 0) is 28.1 Å². The zero-order valence-corrected chi connectivity index (χ0v) is 13.6. The monoisotopic (exact) mass is 403 g/mol. The Morgan fingerprint density at radius 1 is 1.40 bits per heavy atom. The van der Waals surface area contributed by atoms with Gasteiger partial charge in [0.1, 0.15) is 5.69 Å². The first-order valence-corrected chi connectivity index (χ1v) is 9.53. The first kappa shape index (κ1) is 15.0. The van der Waals surface area contributed by atoms with Crippen molar-refractivity contribution in [3.63, 3.8) is 0 Å². The molecule has 0 amide bonds. The maximum absolute atomic E-state index is 10.7. The fraction of sp³-hybridized carbons (Fsp3) is 0.0909. The minimum atomic E-state index is 0.379. The van der Waals surface area contributed by atoms with Crippen LogP contribution >= 0.6 is 28.4 Å². The van der Waals surface area contributed by atoms with Gasteiger partial charge in [-0.15, -0.1) is 0 Å². The Hall–Kier alpha value is -1.38. The van der Waals surface area contributed by atoms with Crippen molar-refractivity contribution < 1.29 is 9.90 Å². The van der Waals surface area contributed by atoms with Gasteiger partial charge in [0.25, 0.3) is 0 Å². The standard InChI is InChI=1S/C10H7IN5OP.CH4O/c11-18-16-5-7(3-13-16)9-4-12-10-14-8(6-17)1-2-15(9)10;1-2/h1-6,18H;2H,1H3. The first-order chi connectivity index (χ1) is 9.81. The second kappa shape index (κ2) is 6.87. The first-order valence-electron chi connectivity index (χ1n) is 5.47. The summed E-state index contributed by atoms with van der Waals surface area (Å²) in [4.78, 5) is 19.0. The molecule has 3 rings (SSSR count). The lowest BCUT2D eigenvalue weighted by Gasteiger charge is -1.98. The van der Waals surface area contributed by atoms with Gasteiger partial charge in [0.05, 0.1) is 24.5 Å². The number of hydrogen-bond donors (Lipinski definition) is 1.